The molecule has 4 rings (SSSR count). The van der Waals surface area contributed by atoms with Crippen LogP contribution < -0.4 is 10.2 Å². The first-order chi connectivity index (χ1) is 14.7. The van der Waals surface area contributed by atoms with Gasteiger partial charge >= 0.3 is 0 Å². The minimum atomic E-state index is -0.612. The highest BCUT2D eigenvalue weighted by molar-refractivity contribution is 6.11. The van der Waals surface area contributed by atoms with Crippen LogP contribution in [0.4, 0.5) is 15.8 Å². The molecule has 0 radical (unpaired) electrons. The number of nitrogens with zero attached hydrogens (tertiary/aromatic N) is 2. The third-order valence-electron chi connectivity index (χ3n) is 5.47. The Morgan fingerprint density at radius 2 is 1.61 bits per heavy atom. The highest BCUT2D eigenvalue weighted by atomic mass is 19.1. The molecule has 6 nitrogen and oxygen atoms in total. The minimum Gasteiger partial charge on any atom is -0.449 e. The lowest BCUT2D eigenvalue weighted by Crippen LogP contribution is -2.48. The van der Waals surface area contributed by atoms with Crippen molar-refractivity contribution in [2.45, 2.75) is 20.8 Å². The summed E-state index contributed by atoms with van der Waals surface area (Å²) >= 11 is 0. The zero-order valence-electron chi connectivity index (χ0n) is 17.9. The van der Waals surface area contributed by atoms with E-state index in [1.165, 1.54) is 12.1 Å². The molecule has 31 heavy (non-hydrogen) atoms. The van der Waals surface area contributed by atoms with Gasteiger partial charge in [0, 0.05) is 42.7 Å². The normalized spacial score (nSPS) is 14.7. The fraction of sp³-hybridized carbons (Fsp3) is 0.333. The molecular formula is C24H26FN3O3. The lowest BCUT2D eigenvalue weighted by Gasteiger charge is -2.35. The van der Waals surface area contributed by atoms with Crippen molar-refractivity contribution >= 4 is 34.2 Å². The third-order valence-corrected chi connectivity index (χ3v) is 5.47. The highest BCUT2D eigenvalue weighted by Crippen LogP contribution is 2.33. The molecule has 3 aromatic rings. The Morgan fingerprint density at radius 3 is 2.26 bits per heavy atom. The molecule has 0 spiro atoms. The number of nitrogens with one attached hydrogen (secondary N) is 1. The van der Waals surface area contributed by atoms with Gasteiger partial charge in [0.25, 0.3) is 5.91 Å². The van der Waals surface area contributed by atoms with Crippen LogP contribution in [0.3, 0.4) is 0 Å². The van der Waals surface area contributed by atoms with E-state index in [9.17, 15) is 14.0 Å². The van der Waals surface area contributed by atoms with Crippen LogP contribution in [-0.2, 0) is 4.79 Å². The first-order valence-corrected chi connectivity index (χ1v) is 10.4. The maximum absolute atomic E-state index is 13.3. The Labute approximate surface area is 180 Å². The van der Waals surface area contributed by atoms with Crippen molar-refractivity contribution in [3.05, 3.63) is 60.1 Å². The molecule has 0 aliphatic carbocycles. The smallest absolute Gasteiger partial charge is 0.291 e. The molecule has 0 atom stereocenters. The van der Waals surface area contributed by atoms with E-state index in [-0.39, 0.29) is 23.4 Å². The predicted octanol–water partition coefficient (Wildman–Crippen LogP) is 4.52. The summed E-state index contributed by atoms with van der Waals surface area (Å²) in [6, 6.07) is 13.7. The molecule has 1 N–H and O–H groups in total. The third kappa shape index (κ3) is 4.26. The van der Waals surface area contributed by atoms with Gasteiger partial charge in [-0.1, -0.05) is 32.9 Å². The highest BCUT2D eigenvalue weighted by Gasteiger charge is 2.31. The first-order valence-electron chi connectivity index (χ1n) is 10.4. The van der Waals surface area contributed by atoms with Crippen molar-refractivity contribution in [3.8, 4) is 0 Å². The number of furan rings is 1. The van der Waals surface area contributed by atoms with Gasteiger partial charge in [-0.25, -0.2) is 4.39 Å². The van der Waals surface area contributed by atoms with E-state index >= 15 is 0 Å². The van der Waals surface area contributed by atoms with Crippen LogP contribution in [0.15, 0.2) is 52.9 Å². The van der Waals surface area contributed by atoms with Crippen LogP contribution in [0.1, 0.15) is 31.3 Å². The molecule has 7 heteroatoms. The molecule has 0 unspecified atom stereocenters. The van der Waals surface area contributed by atoms with Gasteiger partial charge in [0.1, 0.15) is 17.1 Å². The molecule has 0 bridgehead atoms. The molecule has 2 aromatic carbocycles. The number of piperazine rings is 1. The Bertz CT molecular complexity index is 1110. The van der Waals surface area contributed by atoms with Crippen molar-refractivity contribution in [1.82, 2.24) is 4.90 Å². The zero-order valence-corrected chi connectivity index (χ0v) is 17.9. The Hall–Kier alpha value is -3.35. The summed E-state index contributed by atoms with van der Waals surface area (Å²) in [5, 5.41) is 3.61. The Morgan fingerprint density at radius 1 is 0.968 bits per heavy atom. The van der Waals surface area contributed by atoms with Gasteiger partial charge in [0.2, 0.25) is 11.7 Å². The number of carbonyl (C=O) groups excluding carboxylic acids is 2. The first kappa shape index (κ1) is 20.9. The number of hydrogen-bond donors (Lipinski definition) is 1. The van der Waals surface area contributed by atoms with Gasteiger partial charge in [-0.15, -0.1) is 0 Å². The van der Waals surface area contributed by atoms with Crippen LogP contribution in [0.2, 0.25) is 0 Å². The average molecular weight is 423 g/mol. The number of rotatable bonds is 3. The molecule has 1 aromatic heterocycles. The second-order valence-electron chi connectivity index (χ2n) is 8.76. The summed E-state index contributed by atoms with van der Waals surface area (Å²) in [5.74, 6) is -0.560. The van der Waals surface area contributed by atoms with Crippen molar-refractivity contribution in [1.29, 1.82) is 0 Å². The van der Waals surface area contributed by atoms with E-state index in [1.54, 1.807) is 23.1 Å². The summed E-state index contributed by atoms with van der Waals surface area (Å²) in [6.45, 7) is 7.71. The average Bonchev–Trinajstić information content (AvgIpc) is 3.12. The van der Waals surface area contributed by atoms with Crippen molar-refractivity contribution in [2.24, 2.45) is 5.41 Å². The predicted molar refractivity (Wildman–Crippen MR) is 119 cm³/mol. The summed E-state index contributed by atoms with van der Waals surface area (Å²) in [5.41, 5.74) is 1.29. The zero-order chi connectivity index (χ0) is 22.2. The number of halogens is 1. The molecule has 1 aliphatic rings. The van der Waals surface area contributed by atoms with Crippen LogP contribution in [-0.4, -0.2) is 42.9 Å². The largest absolute Gasteiger partial charge is 0.449 e. The molecule has 1 saturated heterocycles. The van der Waals surface area contributed by atoms with E-state index < -0.39 is 5.41 Å². The van der Waals surface area contributed by atoms with E-state index in [0.717, 1.165) is 5.69 Å². The van der Waals surface area contributed by atoms with Gasteiger partial charge < -0.3 is 19.5 Å². The standard InChI is InChI=1S/C24H26FN3O3/c1-24(2,3)23(30)26-20-18-6-4-5-7-19(18)31-21(20)22(29)28-14-12-27(13-15-28)17-10-8-16(25)9-11-17/h4-11H,12-15H2,1-3H3,(H,26,30). The van der Waals surface area contributed by atoms with Crippen LogP contribution in [0.25, 0.3) is 11.0 Å². The van der Waals surface area contributed by atoms with Crippen molar-refractivity contribution in [2.75, 3.05) is 36.4 Å². The molecular weight excluding hydrogens is 397 g/mol. The van der Waals surface area contributed by atoms with E-state index in [4.69, 9.17) is 4.42 Å². The van der Waals surface area contributed by atoms with Crippen molar-refractivity contribution < 1.29 is 18.4 Å². The second kappa shape index (κ2) is 8.06. The number of hydrogen-bond acceptors (Lipinski definition) is 4. The molecule has 162 valence electrons. The Kier molecular flexibility index (Phi) is 5.43. The fourth-order valence-corrected chi connectivity index (χ4v) is 3.58. The van der Waals surface area contributed by atoms with Crippen LogP contribution >= 0.6 is 0 Å². The number of amides is 2. The molecule has 0 saturated carbocycles. The Balaban J connectivity index is 1.56. The molecule has 2 amide bonds. The van der Waals surface area contributed by atoms with E-state index in [2.05, 4.69) is 10.2 Å². The van der Waals surface area contributed by atoms with Crippen LogP contribution in [0.5, 0.6) is 0 Å². The SMILES string of the molecule is CC(C)(C)C(=O)Nc1c(C(=O)N2CCN(c3ccc(F)cc3)CC2)oc2ccccc12. The molecule has 1 aliphatic heterocycles. The maximum atomic E-state index is 13.3. The second-order valence-corrected chi connectivity index (χ2v) is 8.76. The number of fused-ring (bicyclic) bond motifs is 1. The topological polar surface area (TPSA) is 65.8 Å². The molecule has 1 fully saturated rings. The van der Waals surface area contributed by atoms with Gasteiger partial charge in [0.15, 0.2) is 0 Å². The lowest BCUT2D eigenvalue weighted by atomic mass is 9.95. The minimum absolute atomic E-state index is 0.147. The van der Waals surface area contributed by atoms with Gasteiger partial charge in [-0.05, 0) is 36.4 Å². The van der Waals surface area contributed by atoms with Gasteiger partial charge in [-0.3, -0.25) is 9.59 Å². The monoisotopic (exact) mass is 423 g/mol. The molecule has 2 heterocycles. The summed E-state index contributed by atoms with van der Waals surface area (Å²) in [7, 11) is 0. The van der Waals surface area contributed by atoms with Gasteiger partial charge in [-0.2, -0.15) is 0 Å². The maximum Gasteiger partial charge on any atom is 0.291 e. The lowest BCUT2D eigenvalue weighted by molar-refractivity contribution is -0.123. The van der Waals surface area contributed by atoms with E-state index in [1.807, 2.05) is 39.0 Å². The summed E-state index contributed by atoms with van der Waals surface area (Å²) < 4.78 is 19.1. The fourth-order valence-electron chi connectivity index (χ4n) is 3.58. The summed E-state index contributed by atoms with van der Waals surface area (Å²) in [6.07, 6.45) is 0. The quantitative estimate of drug-likeness (QED) is 0.673. The van der Waals surface area contributed by atoms with Gasteiger partial charge in [0.05, 0.1) is 0 Å². The number of carbonyl (C=O) groups is 2. The number of anilines is 2. The number of para-hydroxylation sites is 1. The number of benzene rings is 2. The van der Waals surface area contributed by atoms with Crippen molar-refractivity contribution in [3.63, 3.8) is 0 Å². The summed E-state index contributed by atoms with van der Waals surface area (Å²) in [4.78, 5) is 29.8. The van der Waals surface area contributed by atoms with Crippen LogP contribution in [0, 0.1) is 11.2 Å². The van der Waals surface area contributed by atoms with E-state index in [0.29, 0.717) is 42.8 Å².